The Bertz CT molecular complexity index is 528. The molecule has 94 valence electrons. The molecule has 0 saturated heterocycles. The van der Waals surface area contributed by atoms with Crippen molar-refractivity contribution in [1.82, 2.24) is 4.31 Å². The maximum absolute atomic E-state index is 12.3. The number of hydrogen-bond acceptors (Lipinski definition) is 2. The smallest absolute Gasteiger partial charge is 0.207 e. The maximum Gasteiger partial charge on any atom is 0.244 e. The first kappa shape index (κ1) is 13.3. The van der Waals surface area contributed by atoms with Gasteiger partial charge in [0.2, 0.25) is 10.0 Å². The Kier molecular flexibility index (Phi) is 3.83. The molecule has 2 rings (SSSR count). The number of alkyl halides is 1. The zero-order valence-corrected chi connectivity index (χ0v) is 12.5. The van der Waals surface area contributed by atoms with Crippen LogP contribution in [-0.2, 0) is 15.9 Å². The van der Waals surface area contributed by atoms with Crippen molar-refractivity contribution in [2.24, 2.45) is 0 Å². The molecule has 0 atom stereocenters. The fourth-order valence-electron chi connectivity index (χ4n) is 1.63. The highest BCUT2D eigenvalue weighted by Gasteiger charge is 2.35. The molecule has 1 aromatic carbocycles. The van der Waals surface area contributed by atoms with Gasteiger partial charge in [0.15, 0.2) is 0 Å². The van der Waals surface area contributed by atoms with E-state index in [-0.39, 0.29) is 6.04 Å². The number of halogens is 2. The Morgan fingerprint density at radius 3 is 2.59 bits per heavy atom. The van der Waals surface area contributed by atoms with Crippen molar-refractivity contribution in [1.29, 1.82) is 0 Å². The van der Waals surface area contributed by atoms with Crippen LogP contribution in [0.4, 0.5) is 0 Å². The van der Waals surface area contributed by atoms with Crippen molar-refractivity contribution in [3.63, 3.8) is 0 Å². The van der Waals surface area contributed by atoms with Crippen LogP contribution in [-0.4, -0.2) is 25.8 Å². The molecule has 3 nitrogen and oxygen atoms in total. The predicted molar refractivity (Wildman–Crippen MR) is 71.7 cm³/mol. The monoisotopic (exact) mass is 337 g/mol. The van der Waals surface area contributed by atoms with Gasteiger partial charge in [0.25, 0.3) is 0 Å². The second-order valence-corrected chi connectivity index (χ2v) is 7.24. The number of benzene rings is 1. The average Bonchev–Trinajstić information content (AvgIpc) is 3.11. The SMILES string of the molecule is CN(C1CC1)S(=O)(=O)c1ccc(CCl)cc1Br. The van der Waals surface area contributed by atoms with Crippen molar-refractivity contribution in [2.75, 3.05) is 7.05 Å². The van der Waals surface area contributed by atoms with Crippen molar-refractivity contribution >= 4 is 37.6 Å². The van der Waals surface area contributed by atoms with Crippen molar-refractivity contribution < 1.29 is 8.42 Å². The van der Waals surface area contributed by atoms with Crippen molar-refractivity contribution in [3.8, 4) is 0 Å². The summed E-state index contributed by atoms with van der Waals surface area (Å²) in [7, 11) is -1.75. The van der Waals surface area contributed by atoms with E-state index in [1.165, 1.54) is 4.31 Å². The third-order valence-corrected chi connectivity index (χ3v) is 6.06. The van der Waals surface area contributed by atoms with E-state index in [4.69, 9.17) is 11.6 Å². The molecular weight excluding hydrogens is 326 g/mol. The lowest BCUT2D eigenvalue weighted by Crippen LogP contribution is -2.29. The highest BCUT2D eigenvalue weighted by molar-refractivity contribution is 9.10. The topological polar surface area (TPSA) is 37.4 Å². The number of sulfonamides is 1. The highest BCUT2D eigenvalue weighted by atomic mass is 79.9. The van der Waals surface area contributed by atoms with Gasteiger partial charge >= 0.3 is 0 Å². The lowest BCUT2D eigenvalue weighted by molar-refractivity contribution is 0.464. The van der Waals surface area contributed by atoms with Crippen LogP contribution in [0.1, 0.15) is 18.4 Å². The van der Waals surface area contributed by atoms with Crippen LogP contribution in [0.2, 0.25) is 0 Å². The molecular formula is C11H13BrClNO2S. The van der Waals surface area contributed by atoms with E-state index in [1.54, 1.807) is 25.2 Å². The molecule has 0 bridgehead atoms. The zero-order chi connectivity index (χ0) is 12.6. The van der Waals surface area contributed by atoms with E-state index in [2.05, 4.69) is 15.9 Å². The van der Waals surface area contributed by atoms with Crippen LogP contribution in [0.25, 0.3) is 0 Å². The molecule has 0 aromatic heterocycles. The van der Waals surface area contributed by atoms with E-state index in [0.29, 0.717) is 15.2 Å². The lowest BCUT2D eigenvalue weighted by atomic mass is 10.2. The summed E-state index contributed by atoms with van der Waals surface area (Å²) in [6.07, 6.45) is 1.90. The fraction of sp³-hybridized carbons (Fsp3) is 0.455. The minimum absolute atomic E-state index is 0.166. The van der Waals surface area contributed by atoms with E-state index in [1.807, 2.05) is 0 Å². The molecule has 0 aliphatic heterocycles. The second-order valence-electron chi connectivity index (χ2n) is 4.15. The molecule has 6 heteroatoms. The summed E-state index contributed by atoms with van der Waals surface area (Å²) in [6, 6.07) is 5.27. The van der Waals surface area contributed by atoms with Crippen molar-refractivity contribution in [2.45, 2.75) is 29.7 Å². The molecule has 17 heavy (non-hydrogen) atoms. The number of rotatable bonds is 4. The Labute approximate surface area is 115 Å². The van der Waals surface area contributed by atoms with Gasteiger partial charge < -0.3 is 0 Å². The first-order valence-electron chi connectivity index (χ1n) is 5.29. The highest BCUT2D eigenvalue weighted by Crippen LogP contribution is 2.33. The molecule has 0 radical (unpaired) electrons. The average molecular weight is 339 g/mol. The quantitative estimate of drug-likeness (QED) is 0.792. The molecule has 0 spiro atoms. The second kappa shape index (κ2) is 4.88. The third-order valence-electron chi connectivity index (χ3n) is 2.87. The summed E-state index contributed by atoms with van der Waals surface area (Å²) in [5.74, 6) is 0.372. The van der Waals surface area contributed by atoms with Gasteiger partial charge in [-0.15, -0.1) is 11.6 Å². The van der Waals surface area contributed by atoms with Gasteiger partial charge in [0.05, 0.1) is 4.90 Å². The number of nitrogens with zero attached hydrogens (tertiary/aromatic N) is 1. The molecule has 1 aliphatic carbocycles. The van der Waals surface area contributed by atoms with Gasteiger partial charge in [-0.2, -0.15) is 4.31 Å². The van der Waals surface area contributed by atoms with E-state index in [9.17, 15) is 8.42 Å². The molecule has 1 aromatic rings. The normalized spacial score (nSPS) is 16.5. The Morgan fingerprint density at radius 1 is 1.47 bits per heavy atom. The van der Waals surface area contributed by atoms with Crippen molar-refractivity contribution in [3.05, 3.63) is 28.2 Å². The zero-order valence-electron chi connectivity index (χ0n) is 9.36. The van der Waals surface area contributed by atoms with Gasteiger partial charge in [0, 0.05) is 23.4 Å². The van der Waals surface area contributed by atoms with E-state index >= 15 is 0 Å². The Morgan fingerprint density at radius 2 is 2.12 bits per heavy atom. The lowest BCUT2D eigenvalue weighted by Gasteiger charge is -2.17. The summed E-state index contributed by atoms with van der Waals surface area (Å²) >= 11 is 9.00. The van der Waals surface area contributed by atoms with Gasteiger partial charge in [0.1, 0.15) is 0 Å². The first-order valence-corrected chi connectivity index (χ1v) is 8.06. The van der Waals surface area contributed by atoms with E-state index in [0.717, 1.165) is 18.4 Å². The van der Waals surface area contributed by atoms with Gasteiger partial charge in [-0.3, -0.25) is 0 Å². The summed E-state index contributed by atoms with van der Waals surface area (Å²) < 4.78 is 26.6. The standard InChI is InChI=1S/C11H13BrClNO2S/c1-14(9-3-4-9)17(15,16)11-5-2-8(7-13)6-10(11)12/h2,5-6,9H,3-4,7H2,1H3. The number of hydrogen-bond donors (Lipinski definition) is 0. The fourth-order valence-corrected chi connectivity index (χ4v) is 4.29. The molecule has 0 N–H and O–H groups in total. The van der Waals surface area contributed by atoms with Crippen LogP contribution in [0.15, 0.2) is 27.6 Å². The minimum Gasteiger partial charge on any atom is -0.207 e. The molecule has 1 saturated carbocycles. The summed E-state index contributed by atoms with van der Waals surface area (Å²) in [6.45, 7) is 0. The Balaban J connectivity index is 2.39. The van der Waals surface area contributed by atoms with Gasteiger partial charge in [-0.25, -0.2) is 8.42 Å². The minimum atomic E-state index is -3.39. The molecule has 0 amide bonds. The van der Waals surface area contributed by atoms with Crippen LogP contribution in [0.5, 0.6) is 0 Å². The van der Waals surface area contributed by atoms with Gasteiger partial charge in [-0.05, 0) is 46.5 Å². The molecule has 0 heterocycles. The van der Waals surface area contributed by atoms with Crippen LogP contribution in [0.3, 0.4) is 0 Å². The van der Waals surface area contributed by atoms with Crippen LogP contribution < -0.4 is 0 Å². The molecule has 1 aliphatic rings. The summed E-state index contributed by atoms with van der Waals surface area (Å²) in [5.41, 5.74) is 0.895. The largest absolute Gasteiger partial charge is 0.244 e. The van der Waals surface area contributed by atoms with Gasteiger partial charge in [-0.1, -0.05) is 6.07 Å². The predicted octanol–water partition coefficient (Wildman–Crippen LogP) is 2.97. The molecule has 0 unspecified atom stereocenters. The maximum atomic E-state index is 12.3. The van der Waals surface area contributed by atoms with Crippen LogP contribution in [0, 0.1) is 0 Å². The van der Waals surface area contributed by atoms with Crippen LogP contribution >= 0.6 is 27.5 Å². The summed E-state index contributed by atoms with van der Waals surface area (Å²) in [5, 5.41) is 0. The first-order chi connectivity index (χ1) is 7.96. The molecule has 1 fully saturated rings. The third kappa shape index (κ3) is 2.67. The summed E-state index contributed by atoms with van der Waals surface area (Å²) in [4.78, 5) is 0.306. The van der Waals surface area contributed by atoms with E-state index < -0.39 is 10.0 Å². The Hall–Kier alpha value is -0.100.